The van der Waals surface area contributed by atoms with Gasteiger partial charge in [0.05, 0.1) is 25.8 Å². The summed E-state index contributed by atoms with van der Waals surface area (Å²) in [6.07, 6.45) is -4.74. The van der Waals surface area contributed by atoms with E-state index in [4.69, 9.17) is 19.9 Å². The van der Waals surface area contributed by atoms with Gasteiger partial charge in [0.25, 0.3) is 0 Å². The first-order chi connectivity index (χ1) is 16.2. The van der Waals surface area contributed by atoms with Gasteiger partial charge in [-0.25, -0.2) is 19.9 Å². The molecular weight excluding hydrogens is 455 g/mol. The number of anilines is 2. The minimum atomic E-state index is -4.63. The lowest BCUT2D eigenvalue weighted by Crippen LogP contribution is -2.41. The quantitative estimate of drug-likeness (QED) is 0.464. The summed E-state index contributed by atoms with van der Waals surface area (Å²) in [5.74, 6) is 1.38. The first kappa shape index (κ1) is 23.7. The van der Waals surface area contributed by atoms with Gasteiger partial charge in [-0.15, -0.1) is 0 Å². The Kier molecular flexibility index (Phi) is 6.84. The maximum absolute atomic E-state index is 13.1. The number of hydrogen-bond acceptors (Lipinski definition) is 10. The topological polar surface area (TPSA) is 129 Å². The molecule has 1 saturated heterocycles. The molecule has 182 valence electrons. The van der Waals surface area contributed by atoms with Gasteiger partial charge in [0, 0.05) is 30.6 Å². The first-order valence-corrected chi connectivity index (χ1v) is 10.5. The van der Waals surface area contributed by atoms with Crippen molar-refractivity contribution in [1.82, 2.24) is 25.3 Å². The summed E-state index contributed by atoms with van der Waals surface area (Å²) < 4.78 is 56.3. The van der Waals surface area contributed by atoms with E-state index in [1.54, 1.807) is 19.1 Å². The third kappa shape index (κ3) is 5.54. The number of aromatic nitrogens is 4. The fourth-order valence-electron chi connectivity index (χ4n) is 3.47. The number of benzene rings is 1. The fourth-order valence-corrected chi connectivity index (χ4v) is 3.47. The standard InChI is InChI=1S/C21H24F3N7O3/c1-11-28-14-6-15(32-2)16(34-10-12-8-26-3-4-33-12)5-13(14)20(29-11)27-9-19-30-17(21(22,23)24)7-18(25)31-19/h5-7,12,26H,3-4,8-10H2,1-2H3,(H2,25,30,31)(H,27,28,29)/t12-/m0/s1. The predicted molar refractivity (Wildman–Crippen MR) is 118 cm³/mol. The van der Waals surface area contributed by atoms with E-state index >= 15 is 0 Å². The van der Waals surface area contributed by atoms with Gasteiger partial charge in [-0.05, 0) is 13.0 Å². The minimum absolute atomic E-state index is 0.107. The Morgan fingerprint density at radius 1 is 1.18 bits per heavy atom. The summed E-state index contributed by atoms with van der Waals surface area (Å²) in [5, 5.41) is 6.81. The lowest BCUT2D eigenvalue weighted by molar-refractivity contribution is -0.141. The normalized spacial score (nSPS) is 16.4. The molecule has 34 heavy (non-hydrogen) atoms. The highest BCUT2D eigenvalue weighted by molar-refractivity contribution is 5.91. The molecule has 1 aliphatic heterocycles. The third-order valence-corrected chi connectivity index (χ3v) is 5.02. The summed E-state index contributed by atoms with van der Waals surface area (Å²) in [6, 6.07) is 4.12. The molecule has 0 saturated carbocycles. The minimum Gasteiger partial charge on any atom is -0.493 e. The Morgan fingerprint density at radius 3 is 2.71 bits per heavy atom. The zero-order chi connectivity index (χ0) is 24.3. The number of nitrogens with zero attached hydrogens (tertiary/aromatic N) is 4. The number of fused-ring (bicyclic) bond motifs is 1. The molecule has 13 heteroatoms. The van der Waals surface area contributed by atoms with Gasteiger partial charge < -0.3 is 30.6 Å². The smallest absolute Gasteiger partial charge is 0.433 e. The predicted octanol–water partition coefficient (Wildman–Crippen LogP) is 2.32. The molecule has 3 aromatic rings. The highest BCUT2D eigenvalue weighted by atomic mass is 19.4. The van der Waals surface area contributed by atoms with Crippen molar-refractivity contribution in [2.45, 2.75) is 25.7 Å². The van der Waals surface area contributed by atoms with Crippen LogP contribution in [0, 0.1) is 6.92 Å². The fraction of sp³-hybridized carbons (Fsp3) is 0.429. The van der Waals surface area contributed by atoms with E-state index in [1.807, 2.05) is 0 Å². The summed E-state index contributed by atoms with van der Waals surface area (Å²) in [5.41, 5.74) is 4.99. The zero-order valence-corrected chi connectivity index (χ0v) is 18.6. The summed E-state index contributed by atoms with van der Waals surface area (Å²) >= 11 is 0. The Morgan fingerprint density at radius 2 is 2.00 bits per heavy atom. The zero-order valence-electron chi connectivity index (χ0n) is 18.6. The summed E-state index contributed by atoms with van der Waals surface area (Å²) in [6.45, 7) is 3.94. The lowest BCUT2D eigenvalue weighted by atomic mass is 10.2. The molecular formula is C21H24F3N7O3. The van der Waals surface area contributed by atoms with E-state index in [1.165, 1.54) is 7.11 Å². The Labute approximate surface area is 193 Å². The molecule has 4 rings (SSSR count). The highest BCUT2D eigenvalue weighted by Gasteiger charge is 2.33. The molecule has 4 N–H and O–H groups in total. The van der Waals surface area contributed by atoms with Crippen LogP contribution in [0.3, 0.4) is 0 Å². The Bertz CT molecular complexity index is 1170. The number of ether oxygens (including phenoxy) is 3. The molecule has 3 heterocycles. The van der Waals surface area contributed by atoms with Crippen LogP contribution < -0.4 is 25.8 Å². The van der Waals surface area contributed by atoms with Crippen LogP contribution in [0.1, 0.15) is 17.3 Å². The number of hydrogen-bond donors (Lipinski definition) is 3. The molecule has 0 amide bonds. The van der Waals surface area contributed by atoms with Crippen LogP contribution in [-0.2, 0) is 17.5 Å². The van der Waals surface area contributed by atoms with Gasteiger partial charge in [-0.2, -0.15) is 13.2 Å². The molecule has 0 aliphatic carbocycles. The molecule has 1 atom stereocenters. The maximum Gasteiger partial charge on any atom is 0.433 e. The van der Waals surface area contributed by atoms with Crippen molar-refractivity contribution in [2.24, 2.45) is 0 Å². The van der Waals surface area contributed by atoms with E-state index in [2.05, 4.69) is 30.6 Å². The molecule has 0 radical (unpaired) electrons. The van der Waals surface area contributed by atoms with Crippen LogP contribution in [0.4, 0.5) is 24.8 Å². The number of halogens is 3. The number of morpholine rings is 1. The number of rotatable bonds is 7. The molecule has 10 nitrogen and oxygen atoms in total. The summed E-state index contributed by atoms with van der Waals surface area (Å²) in [4.78, 5) is 16.3. The van der Waals surface area contributed by atoms with Crippen molar-refractivity contribution in [1.29, 1.82) is 0 Å². The van der Waals surface area contributed by atoms with Crippen LogP contribution in [-0.4, -0.2) is 59.5 Å². The number of nitrogens with two attached hydrogens (primary N) is 1. The van der Waals surface area contributed by atoms with Crippen molar-refractivity contribution >= 4 is 22.5 Å². The number of nitrogen functional groups attached to an aromatic ring is 1. The van der Waals surface area contributed by atoms with E-state index in [-0.39, 0.29) is 24.3 Å². The van der Waals surface area contributed by atoms with Crippen molar-refractivity contribution < 1.29 is 27.4 Å². The van der Waals surface area contributed by atoms with Gasteiger partial charge in [0.2, 0.25) is 0 Å². The molecule has 0 unspecified atom stereocenters. The van der Waals surface area contributed by atoms with Crippen molar-refractivity contribution in [2.75, 3.05) is 44.5 Å². The van der Waals surface area contributed by atoms with Gasteiger partial charge in [0.15, 0.2) is 11.5 Å². The van der Waals surface area contributed by atoms with Gasteiger partial charge in [0.1, 0.15) is 41.7 Å². The second kappa shape index (κ2) is 9.81. The Hall–Kier alpha value is -3.45. The maximum atomic E-state index is 13.1. The average Bonchev–Trinajstić information content (AvgIpc) is 2.80. The highest BCUT2D eigenvalue weighted by Crippen LogP contribution is 2.35. The number of nitrogens with one attached hydrogen (secondary N) is 2. The summed E-state index contributed by atoms with van der Waals surface area (Å²) in [7, 11) is 1.52. The van der Waals surface area contributed by atoms with Crippen molar-refractivity contribution in [3.63, 3.8) is 0 Å². The molecule has 2 aromatic heterocycles. The van der Waals surface area contributed by atoms with Crippen LogP contribution in [0.5, 0.6) is 11.5 Å². The van der Waals surface area contributed by atoms with Gasteiger partial charge in [-0.1, -0.05) is 0 Å². The van der Waals surface area contributed by atoms with E-state index in [0.29, 0.717) is 59.9 Å². The van der Waals surface area contributed by atoms with Crippen molar-refractivity contribution in [3.8, 4) is 11.5 Å². The molecule has 0 bridgehead atoms. The van der Waals surface area contributed by atoms with Gasteiger partial charge >= 0.3 is 6.18 Å². The average molecular weight is 479 g/mol. The molecule has 1 aromatic carbocycles. The number of methoxy groups -OCH3 is 1. The lowest BCUT2D eigenvalue weighted by Gasteiger charge is -2.24. The molecule has 1 aliphatic rings. The van der Waals surface area contributed by atoms with E-state index in [0.717, 1.165) is 6.54 Å². The van der Waals surface area contributed by atoms with Crippen LogP contribution in [0.2, 0.25) is 0 Å². The van der Waals surface area contributed by atoms with Gasteiger partial charge in [-0.3, -0.25) is 0 Å². The van der Waals surface area contributed by atoms with Crippen LogP contribution >= 0.6 is 0 Å². The first-order valence-electron chi connectivity index (χ1n) is 10.5. The third-order valence-electron chi connectivity index (χ3n) is 5.02. The second-order valence-corrected chi connectivity index (χ2v) is 7.59. The van der Waals surface area contributed by atoms with Crippen LogP contribution in [0.25, 0.3) is 10.9 Å². The molecule has 0 spiro atoms. The monoisotopic (exact) mass is 479 g/mol. The second-order valence-electron chi connectivity index (χ2n) is 7.59. The molecule has 1 fully saturated rings. The number of alkyl halides is 3. The van der Waals surface area contributed by atoms with E-state index in [9.17, 15) is 13.2 Å². The largest absolute Gasteiger partial charge is 0.493 e. The number of aryl methyl sites for hydroxylation is 1. The SMILES string of the molecule is COc1cc2nc(C)nc(NCc3nc(N)cc(C(F)(F)F)n3)c2cc1OC[C@@H]1CNCCO1. The Balaban J connectivity index is 1.61. The van der Waals surface area contributed by atoms with Crippen LogP contribution in [0.15, 0.2) is 18.2 Å². The van der Waals surface area contributed by atoms with E-state index < -0.39 is 11.9 Å². The van der Waals surface area contributed by atoms with Crippen molar-refractivity contribution in [3.05, 3.63) is 35.5 Å².